The molecule has 7 heteroatoms. The molecule has 0 spiro atoms. The van der Waals surface area contributed by atoms with Crippen molar-refractivity contribution in [1.29, 1.82) is 0 Å². The number of carbonyl (C=O) groups excluding carboxylic acids is 1. The van der Waals surface area contributed by atoms with Crippen LogP contribution in [0.2, 0.25) is 0 Å². The number of nitrogens with one attached hydrogen (secondary N) is 1. The topological polar surface area (TPSA) is 57.2 Å². The Hall–Kier alpha value is -2.57. The number of guanidine groups is 1. The summed E-state index contributed by atoms with van der Waals surface area (Å²) in [5, 5.41) is 3.09. The molecule has 0 aliphatic heterocycles. The number of hydrogen-bond acceptors (Lipinski definition) is 3. The predicted octanol–water partition coefficient (Wildman–Crippen LogP) is 1.49. The molecule has 0 aliphatic rings. The van der Waals surface area contributed by atoms with Crippen LogP contribution in [0.3, 0.4) is 0 Å². The van der Waals surface area contributed by atoms with Gasteiger partial charge in [-0.3, -0.25) is 4.79 Å². The maximum Gasteiger partial charge on any atom is 0.243 e. The third-order valence-electron chi connectivity index (χ3n) is 3.26. The molecule has 0 bridgehead atoms. The summed E-state index contributed by atoms with van der Waals surface area (Å²) in [5.41, 5.74) is 0.767. The van der Waals surface area contributed by atoms with Gasteiger partial charge in [-0.05, 0) is 17.7 Å². The molecule has 1 aromatic rings. The molecule has 0 aromatic heterocycles. The molecule has 132 valence electrons. The summed E-state index contributed by atoms with van der Waals surface area (Å²) in [6.07, 6.45) is 1.70. The zero-order valence-electron chi connectivity index (χ0n) is 14.7. The fraction of sp³-hybridized carbons (Fsp3) is 0.412. The number of ether oxygens (including phenoxy) is 1. The Kier molecular flexibility index (Phi) is 7.74. The van der Waals surface area contributed by atoms with Gasteiger partial charge in [0.05, 0.1) is 7.11 Å². The molecular formula is C17H25FN4O2. The third-order valence-corrected chi connectivity index (χ3v) is 3.26. The van der Waals surface area contributed by atoms with Crippen LogP contribution in [-0.4, -0.2) is 63.0 Å². The molecule has 0 fully saturated rings. The first-order chi connectivity index (χ1) is 11.4. The van der Waals surface area contributed by atoms with Gasteiger partial charge in [-0.15, -0.1) is 6.58 Å². The van der Waals surface area contributed by atoms with Crippen LogP contribution < -0.4 is 10.1 Å². The summed E-state index contributed by atoms with van der Waals surface area (Å²) in [5.74, 6) is 0.235. The Morgan fingerprint density at radius 3 is 2.67 bits per heavy atom. The first kappa shape index (κ1) is 19.5. The highest BCUT2D eigenvalue weighted by molar-refractivity contribution is 5.84. The van der Waals surface area contributed by atoms with Crippen LogP contribution in [0.25, 0.3) is 0 Å². The first-order valence-corrected chi connectivity index (χ1v) is 7.52. The number of nitrogens with zero attached hydrogens (tertiary/aromatic N) is 3. The number of aliphatic imine (C=N–C) groups is 1. The molecule has 0 radical (unpaired) electrons. The quantitative estimate of drug-likeness (QED) is 0.466. The zero-order chi connectivity index (χ0) is 18.1. The van der Waals surface area contributed by atoms with Crippen molar-refractivity contribution in [2.45, 2.75) is 6.54 Å². The molecule has 0 heterocycles. The van der Waals surface area contributed by atoms with E-state index in [4.69, 9.17) is 4.74 Å². The smallest absolute Gasteiger partial charge is 0.243 e. The summed E-state index contributed by atoms with van der Waals surface area (Å²) < 4.78 is 18.7. The molecule has 1 amide bonds. The van der Waals surface area contributed by atoms with Crippen molar-refractivity contribution >= 4 is 11.9 Å². The SMILES string of the molecule is C=CCNC(=NCC(=O)N(C)C)N(C)Cc1ccc(OC)c(F)c1. The van der Waals surface area contributed by atoms with Crippen molar-refractivity contribution in [1.82, 2.24) is 15.1 Å². The van der Waals surface area contributed by atoms with Crippen molar-refractivity contribution in [3.63, 3.8) is 0 Å². The van der Waals surface area contributed by atoms with E-state index in [1.807, 2.05) is 11.9 Å². The maximum absolute atomic E-state index is 13.8. The number of rotatable bonds is 7. The Labute approximate surface area is 142 Å². The highest BCUT2D eigenvalue weighted by Crippen LogP contribution is 2.18. The molecule has 1 N–H and O–H groups in total. The van der Waals surface area contributed by atoms with Crippen LogP contribution in [-0.2, 0) is 11.3 Å². The Bertz CT molecular complexity index is 602. The van der Waals surface area contributed by atoms with E-state index < -0.39 is 5.82 Å². The number of likely N-dealkylation sites (N-methyl/N-ethyl adjacent to an activating group) is 1. The van der Waals surface area contributed by atoms with E-state index in [0.717, 1.165) is 5.56 Å². The molecule has 24 heavy (non-hydrogen) atoms. The molecule has 0 saturated heterocycles. The van der Waals surface area contributed by atoms with Crippen LogP contribution in [0.5, 0.6) is 5.75 Å². The van der Waals surface area contributed by atoms with Crippen molar-refractivity contribution in [2.24, 2.45) is 4.99 Å². The minimum atomic E-state index is -0.413. The number of amides is 1. The van der Waals surface area contributed by atoms with Gasteiger partial charge in [-0.25, -0.2) is 9.38 Å². The molecule has 6 nitrogen and oxygen atoms in total. The van der Waals surface area contributed by atoms with Crippen LogP contribution in [0.4, 0.5) is 4.39 Å². The standard InChI is InChI=1S/C17H25FN4O2/c1-6-9-19-17(20-11-16(23)21(2)3)22(4)12-13-7-8-15(24-5)14(18)10-13/h6-8,10H,1,9,11-12H2,2-5H3,(H,19,20). The highest BCUT2D eigenvalue weighted by Gasteiger charge is 2.11. The van der Waals surface area contributed by atoms with Crippen LogP contribution >= 0.6 is 0 Å². The van der Waals surface area contributed by atoms with E-state index in [2.05, 4.69) is 16.9 Å². The highest BCUT2D eigenvalue weighted by atomic mass is 19.1. The number of hydrogen-bond donors (Lipinski definition) is 1. The summed E-state index contributed by atoms with van der Waals surface area (Å²) in [6.45, 7) is 4.63. The molecular weight excluding hydrogens is 311 g/mol. The van der Waals surface area contributed by atoms with Gasteiger partial charge < -0.3 is 19.9 Å². The average Bonchev–Trinajstić information content (AvgIpc) is 2.54. The largest absolute Gasteiger partial charge is 0.494 e. The van der Waals surface area contributed by atoms with Crippen LogP contribution in [0, 0.1) is 5.82 Å². The van der Waals surface area contributed by atoms with Gasteiger partial charge >= 0.3 is 0 Å². The Morgan fingerprint density at radius 1 is 1.42 bits per heavy atom. The maximum atomic E-state index is 13.8. The van der Waals surface area contributed by atoms with Gasteiger partial charge in [-0.1, -0.05) is 12.1 Å². The lowest BCUT2D eigenvalue weighted by Gasteiger charge is -2.22. The molecule has 1 rings (SSSR count). The van der Waals surface area contributed by atoms with Gasteiger partial charge in [0, 0.05) is 34.2 Å². The average molecular weight is 336 g/mol. The van der Waals surface area contributed by atoms with Crippen molar-refractivity contribution < 1.29 is 13.9 Å². The van der Waals surface area contributed by atoms with E-state index in [0.29, 0.717) is 19.0 Å². The van der Waals surface area contributed by atoms with E-state index in [1.54, 1.807) is 32.3 Å². The number of carbonyl (C=O) groups is 1. The van der Waals surface area contributed by atoms with Gasteiger partial charge in [0.2, 0.25) is 5.91 Å². The van der Waals surface area contributed by atoms with Gasteiger partial charge in [0.1, 0.15) is 6.54 Å². The molecule has 1 aromatic carbocycles. The number of methoxy groups -OCH3 is 1. The lowest BCUT2D eigenvalue weighted by molar-refractivity contribution is -0.127. The summed E-state index contributed by atoms with van der Waals surface area (Å²) in [7, 11) is 6.60. The Morgan fingerprint density at radius 2 is 2.12 bits per heavy atom. The number of benzene rings is 1. The molecule has 0 unspecified atom stereocenters. The van der Waals surface area contributed by atoms with Crippen molar-refractivity contribution in [3.8, 4) is 5.75 Å². The van der Waals surface area contributed by atoms with Crippen LogP contribution in [0.15, 0.2) is 35.8 Å². The van der Waals surface area contributed by atoms with E-state index in [9.17, 15) is 9.18 Å². The van der Waals surface area contributed by atoms with Crippen LogP contribution in [0.1, 0.15) is 5.56 Å². The molecule has 0 saturated carbocycles. The van der Waals surface area contributed by atoms with Crippen molar-refractivity contribution in [2.75, 3.05) is 41.3 Å². The fourth-order valence-electron chi connectivity index (χ4n) is 1.92. The number of halogens is 1. The second-order valence-electron chi connectivity index (χ2n) is 5.42. The zero-order valence-corrected chi connectivity index (χ0v) is 14.7. The second kappa shape index (κ2) is 9.54. The fourth-order valence-corrected chi connectivity index (χ4v) is 1.92. The van der Waals surface area contributed by atoms with E-state index in [-0.39, 0.29) is 18.2 Å². The molecule has 0 atom stereocenters. The monoisotopic (exact) mass is 336 g/mol. The minimum Gasteiger partial charge on any atom is -0.494 e. The predicted molar refractivity (Wildman–Crippen MR) is 93.6 cm³/mol. The second-order valence-corrected chi connectivity index (χ2v) is 5.42. The first-order valence-electron chi connectivity index (χ1n) is 7.52. The third kappa shape index (κ3) is 5.91. The lowest BCUT2D eigenvalue weighted by Crippen LogP contribution is -2.39. The lowest BCUT2D eigenvalue weighted by atomic mass is 10.2. The molecule has 0 aliphatic carbocycles. The van der Waals surface area contributed by atoms with E-state index >= 15 is 0 Å². The summed E-state index contributed by atoms with van der Waals surface area (Å²) in [4.78, 5) is 19.3. The van der Waals surface area contributed by atoms with Gasteiger partial charge in [0.15, 0.2) is 17.5 Å². The Balaban J connectivity index is 2.85. The van der Waals surface area contributed by atoms with Crippen molar-refractivity contribution in [3.05, 3.63) is 42.2 Å². The normalized spacial score (nSPS) is 11.0. The van der Waals surface area contributed by atoms with Gasteiger partial charge in [-0.2, -0.15) is 0 Å². The summed E-state index contributed by atoms with van der Waals surface area (Å²) in [6, 6.07) is 4.79. The van der Waals surface area contributed by atoms with E-state index in [1.165, 1.54) is 18.1 Å². The minimum absolute atomic E-state index is 0.0355. The van der Waals surface area contributed by atoms with Gasteiger partial charge in [0.25, 0.3) is 0 Å². The summed E-state index contributed by atoms with van der Waals surface area (Å²) >= 11 is 0.